The Morgan fingerprint density at radius 3 is 1.39 bits per heavy atom. The van der Waals surface area contributed by atoms with Crippen LogP contribution in [0.3, 0.4) is 0 Å². The monoisotopic (exact) mass is 632 g/mol. The number of hydrogen-bond donors (Lipinski definition) is 11. The van der Waals surface area contributed by atoms with Gasteiger partial charge in [-0.15, -0.1) is 0 Å². The van der Waals surface area contributed by atoms with Crippen molar-refractivity contribution in [1.29, 1.82) is 0 Å². The van der Waals surface area contributed by atoms with Crippen molar-refractivity contribution in [3.63, 3.8) is 0 Å². The van der Waals surface area contributed by atoms with Crippen molar-refractivity contribution < 1.29 is 53.7 Å². The summed E-state index contributed by atoms with van der Waals surface area (Å²) in [5.41, 5.74) is 21.7. The van der Waals surface area contributed by atoms with E-state index in [4.69, 9.17) is 22.9 Å². The molecule has 0 fully saturated rings. The highest BCUT2D eigenvalue weighted by molar-refractivity contribution is 5.97. The van der Waals surface area contributed by atoms with E-state index in [1.54, 1.807) is 0 Å². The number of hydrogen-bond acceptors (Lipinski definition) is 11. The van der Waals surface area contributed by atoms with Gasteiger partial charge in [0.1, 0.15) is 24.2 Å². The van der Waals surface area contributed by atoms with E-state index in [9.17, 15) is 53.7 Å². The molecule has 0 aromatic heterocycles. The molecule has 19 heteroatoms. The molecule has 0 aliphatic carbocycles. The number of nitrogens with one attached hydrogen (secondary N) is 4. The third kappa shape index (κ3) is 16.9. The summed E-state index contributed by atoms with van der Waals surface area (Å²) in [6.07, 6.45) is -0.823. The highest BCUT2D eigenvalue weighted by Gasteiger charge is 2.33. The van der Waals surface area contributed by atoms with Gasteiger partial charge in [0.15, 0.2) is 0 Å². The topological polar surface area (TPSA) is 349 Å². The number of carbonyl (C=O) groups is 8. The van der Waals surface area contributed by atoms with E-state index in [0.717, 1.165) is 0 Å². The fraction of sp³-hybridized carbons (Fsp3) is 0.680. The number of nitrogens with two attached hydrogens (primary N) is 4. The zero-order chi connectivity index (χ0) is 33.8. The van der Waals surface area contributed by atoms with Crippen LogP contribution in [-0.2, 0) is 38.4 Å². The minimum atomic E-state index is -1.81. The van der Waals surface area contributed by atoms with Crippen molar-refractivity contribution in [3.05, 3.63) is 0 Å². The highest BCUT2D eigenvalue weighted by Crippen LogP contribution is 2.06. The maximum absolute atomic E-state index is 13.1. The van der Waals surface area contributed by atoms with Crippen LogP contribution in [0.2, 0.25) is 0 Å². The average Bonchev–Trinajstić information content (AvgIpc) is 2.92. The molecule has 0 saturated carbocycles. The van der Waals surface area contributed by atoms with Crippen LogP contribution in [-0.4, -0.2) is 106 Å². The lowest BCUT2D eigenvalue weighted by Gasteiger charge is -2.25. The van der Waals surface area contributed by atoms with Crippen LogP contribution in [0.1, 0.15) is 64.2 Å². The summed E-state index contributed by atoms with van der Waals surface area (Å²) < 4.78 is 0. The van der Waals surface area contributed by atoms with Crippen molar-refractivity contribution in [2.75, 3.05) is 13.1 Å². The summed E-state index contributed by atoms with van der Waals surface area (Å²) in [5.74, 6) is -9.66. The number of amides is 5. The summed E-state index contributed by atoms with van der Waals surface area (Å²) in [5, 5.41) is 36.6. The first-order valence-electron chi connectivity index (χ1n) is 13.9. The van der Waals surface area contributed by atoms with Crippen LogP contribution in [0.25, 0.3) is 0 Å². The lowest BCUT2D eigenvalue weighted by Crippen LogP contribution is -2.59. The summed E-state index contributed by atoms with van der Waals surface area (Å²) in [6.45, 7) is 0.631. The van der Waals surface area contributed by atoms with Gasteiger partial charge in [0, 0.05) is 6.42 Å². The molecule has 5 amide bonds. The normalized spacial score (nSPS) is 14.2. The first-order valence-corrected chi connectivity index (χ1v) is 13.9. The minimum Gasteiger partial charge on any atom is -0.481 e. The average molecular weight is 633 g/mol. The molecule has 0 aliphatic heterocycles. The maximum atomic E-state index is 13.1. The van der Waals surface area contributed by atoms with Gasteiger partial charge in [-0.3, -0.25) is 33.6 Å². The van der Waals surface area contributed by atoms with Gasteiger partial charge < -0.3 is 59.5 Å². The van der Waals surface area contributed by atoms with Crippen LogP contribution in [0.15, 0.2) is 0 Å². The van der Waals surface area contributed by atoms with Gasteiger partial charge in [0.25, 0.3) is 0 Å². The molecule has 0 unspecified atom stereocenters. The number of unbranched alkanes of at least 4 members (excludes halogenated alkanes) is 2. The zero-order valence-electron chi connectivity index (χ0n) is 24.3. The lowest BCUT2D eigenvalue weighted by atomic mass is 10.1. The van der Waals surface area contributed by atoms with Crippen LogP contribution in [0, 0.1) is 0 Å². The number of aliphatic carboxylic acids is 3. The molecule has 0 aromatic carbocycles. The second-order valence-electron chi connectivity index (χ2n) is 9.96. The molecule has 0 spiro atoms. The molecule has 5 atom stereocenters. The molecular formula is C25H44N8O11. The highest BCUT2D eigenvalue weighted by atomic mass is 16.4. The van der Waals surface area contributed by atoms with Crippen molar-refractivity contribution >= 4 is 47.4 Å². The van der Waals surface area contributed by atoms with Crippen LogP contribution >= 0.6 is 0 Å². The SMILES string of the molecule is NCCCC[C@H](NC(=O)[C@H](CC(=O)O)NC(=O)[C@H](CCC(N)=O)NC(=O)[C@H](CC(=O)O)NC(=O)[C@@H](N)CCCCN)C(=O)O. The Morgan fingerprint density at radius 1 is 0.545 bits per heavy atom. The van der Waals surface area contributed by atoms with Crippen molar-refractivity contribution in [3.8, 4) is 0 Å². The molecular weight excluding hydrogens is 588 g/mol. The molecule has 250 valence electrons. The summed E-state index contributed by atoms with van der Waals surface area (Å²) in [4.78, 5) is 97.2. The third-order valence-electron chi connectivity index (χ3n) is 6.20. The number of carboxylic acid groups (broad SMARTS) is 3. The molecule has 19 nitrogen and oxygen atoms in total. The fourth-order valence-electron chi connectivity index (χ4n) is 3.81. The molecule has 0 bridgehead atoms. The molecule has 0 saturated heterocycles. The van der Waals surface area contributed by atoms with E-state index in [2.05, 4.69) is 21.3 Å². The zero-order valence-corrected chi connectivity index (χ0v) is 24.3. The van der Waals surface area contributed by atoms with Gasteiger partial charge in [-0.1, -0.05) is 6.42 Å². The standard InChI is InChI=1S/C25H44N8O11/c26-9-3-1-5-13(28)21(39)32-16(11-19(35)36)23(41)30-14(7-8-18(29)34)22(40)33-17(12-20(37)38)24(42)31-15(25(43)44)6-2-4-10-27/h13-17H,1-12,26-28H2,(H2,29,34)(H,30,41)(H,31,42)(H,32,39)(H,33,40)(H,35,36)(H,37,38)(H,43,44)/t13-,14-,15-,16-,17-/m0/s1. The van der Waals surface area contributed by atoms with E-state index in [1.807, 2.05) is 0 Å². The first-order chi connectivity index (χ1) is 20.6. The number of rotatable bonds is 24. The lowest BCUT2D eigenvalue weighted by molar-refractivity contribution is -0.143. The van der Waals surface area contributed by atoms with E-state index in [-0.39, 0.29) is 19.4 Å². The molecule has 0 rings (SSSR count). The fourth-order valence-corrected chi connectivity index (χ4v) is 3.81. The number of primary amides is 1. The van der Waals surface area contributed by atoms with Crippen molar-refractivity contribution in [2.24, 2.45) is 22.9 Å². The Balaban J connectivity index is 5.89. The van der Waals surface area contributed by atoms with Crippen molar-refractivity contribution in [2.45, 2.75) is 94.4 Å². The Hall–Kier alpha value is -4.36. The van der Waals surface area contributed by atoms with Crippen molar-refractivity contribution in [1.82, 2.24) is 21.3 Å². The molecule has 15 N–H and O–H groups in total. The van der Waals surface area contributed by atoms with Crippen LogP contribution in [0.5, 0.6) is 0 Å². The Bertz CT molecular complexity index is 1030. The van der Waals surface area contributed by atoms with Gasteiger partial charge in [0.2, 0.25) is 29.5 Å². The quantitative estimate of drug-likeness (QED) is 0.0450. The maximum Gasteiger partial charge on any atom is 0.326 e. The van der Waals surface area contributed by atoms with Gasteiger partial charge in [-0.25, -0.2) is 4.79 Å². The van der Waals surface area contributed by atoms with Gasteiger partial charge in [0.05, 0.1) is 18.9 Å². The van der Waals surface area contributed by atoms with Crippen LogP contribution in [0.4, 0.5) is 0 Å². The second-order valence-corrected chi connectivity index (χ2v) is 9.96. The van der Waals surface area contributed by atoms with E-state index >= 15 is 0 Å². The Kier molecular flexibility index (Phi) is 19.2. The Morgan fingerprint density at radius 2 is 0.955 bits per heavy atom. The largest absolute Gasteiger partial charge is 0.481 e. The summed E-state index contributed by atoms with van der Waals surface area (Å²) in [6, 6.07) is -7.71. The molecule has 0 heterocycles. The smallest absolute Gasteiger partial charge is 0.326 e. The molecule has 0 aromatic rings. The number of carbonyl (C=O) groups excluding carboxylic acids is 5. The van der Waals surface area contributed by atoms with Crippen LogP contribution < -0.4 is 44.2 Å². The van der Waals surface area contributed by atoms with E-state index < -0.39 is 103 Å². The van der Waals surface area contributed by atoms with Gasteiger partial charge >= 0.3 is 17.9 Å². The predicted octanol–water partition coefficient (Wildman–Crippen LogP) is -4.19. The molecule has 0 radical (unpaired) electrons. The molecule has 44 heavy (non-hydrogen) atoms. The molecule has 0 aliphatic rings. The Labute approximate surface area is 253 Å². The van der Waals surface area contributed by atoms with Gasteiger partial charge in [-0.05, 0) is 51.6 Å². The van der Waals surface area contributed by atoms with Gasteiger partial charge in [-0.2, -0.15) is 0 Å². The number of carboxylic acids is 3. The summed E-state index contributed by atoms with van der Waals surface area (Å²) in [7, 11) is 0. The van der Waals surface area contributed by atoms with E-state index in [0.29, 0.717) is 32.2 Å². The van der Waals surface area contributed by atoms with E-state index in [1.165, 1.54) is 0 Å². The minimum absolute atomic E-state index is 0.0311. The summed E-state index contributed by atoms with van der Waals surface area (Å²) >= 11 is 0. The third-order valence-corrected chi connectivity index (χ3v) is 6.20. The second kappa shape index (κ2) is 21.3. The first kappa shape index (κ1) is 39.6. The predicted molar refractivity (Wildman–Crippen MR) is 152 cm³/mol.